The number of ether oxygens (including phenoxy) is 2. The van der Waals surface area contributed by atoms with Crippen LogP contribution in [0.4, 0.5) is 5.69 Å². The van der Waals surface area contributed by atoms with E-state index in [1.807, 2.05) is 19.9 Å². The molecule has 1 aromatic carbocycles. The van der Waals surface area contributed by atoms with Crippen LogP contribution < -0.4 is 9.64 Å². The second-order valence-corrected chi connectivity index (χ2v) is 4.79. The Hall–Kier alpha value is -2.55. The van der Waals surface area contributed by atoms with Crippen molar-refractivity contribution in [3.63, 3.8) is 0 Å². The molecule has 0 aromatic heterocycles. The quantitative estimate of drug-likeness (QED) is 0.516. The summed E-state index contributed by atoms with van der Waals surface area (Å²) in [4.78, 5) is 25.1. The molecule has 0 spiro atoms. The Labute approximate surface area is 136 Å². The second kappa shape index (κ2) is 10.2. The van der Waals surface area contributed by atoms with Crippen molar-refractivity contribution in [2.24, 2.45) is 0 Å². The predicted octanol–water partition coefficient (Wildman–Crippen LogP) is 2.68. The van der Waals surface area contributed by atoms with Crippen LogP contribution in [0.25, 0.3) is 0 Å². The van der Waals surface area contributed by atoms with Crippen molar-refractivity contribution in [2.75, 3.05) is 24.7 Å². The lowest BCUT2D eigenvalue weighted by atomic mass is 10.2. The highest BCUT2D eigenvalue weighted by atomic mass is 16.5. The SMILES string of the molecule is CCCOC(=O)CCC(=O)N(CC#N)c1cccc(OCC)c1. The molecule has 0 radical (unpaired) electrons. The first-order valence-electron chi connectivity index (χ1n) is 7.68. The predicted molar refractivity (Wildman–Crippen MR) is 86.1 cm³/mol. The summed E-state index contributed by atoms with van der Waals surface area (Å²) in [6, 6.07) is 8.94. The van der Waals surface area contributed by atoms with E-state index in [1.54, 1.807) is 24.3 Å². The molecule has 0 atom stereocenters. The van der Waals surface area contributed by atoms with Gasteiger partial charge < -0.3 is 9.47 Å². The zero-order valence-corrected chi connectivity index (χ0v) is 13.6. The van der Waals surface area contributed by atoms with E-state index in [9.17, 15) is 9.59 Å². The Bertz CT molecular complexity index is 566. The topological polar surface area (TPSA) is 79.6 Å². The van der Waals surface area contributed by atoms with E-state index in [0.29, 0.717) is 24.7 Å². The van der Waals surface area contributed by atoms with Crippen LogP contribution >= 0.6 is 0 Å². The Morgan fingerprint density at radius 3 is 2.70 bits per heavy atom. The van der Waals surface area contributed by atoms with E-state index in [1.165, 1.54) is 4.90 Å². The number of amides is 1. The molecule has 124 valence electrons. The highest BCUT2D eigenvalue weighted by Crippen LogP contribution is 2.22. The van der Waals surface area contributed by atoms with Gasteiger partial charge in [0.2, 0.25) is 5.91 Å². The molecule has 1 amide bonds. The van der Waals surface area contributed by atoms with Gasteiger partial charge in [-0.2, -0.15) is 5.26 Å². The van der Waals surface area contributed by atoms with Crippen molar-refractivity contribution in [3.05, 3.63) is 24.3 Å². The fourth-order valence-corrected chi connectivity index (χ4v) is 1.93. The van der Waals surface area contributed by atoms with Gasteiger partial charge in [0, 0.05) is 18.2 Å². The van der Waals surface area contributed by atoms with Gasteiger partial charge in [-0.25, -0.2) is 0 Å². The summed E-state index contributed by atoms with van der Waals surface area (Å²) in [5.41, 5.74) is 0.574. The summed E-state index contributed by atoms with van der Waals surface area (Å²) in [5, 5.41) is 8.95. The van der Waals surface area contributed by atoms with Gasteiger partial charge in [0.25, 0.3) is 0 Å². The lowest BCUT2D eigenvalue weighted by Gasteiger charge is -2.20. The number of carbonyl (C=O) groups excluding carboxylic acids is 2. The number of esters is 1. The molecule has 0 heterocycles. The molecule has 0 aliphatic carbocycles. The molecule has 0 bridgehead atoms. The lowest BCUT2D eigenvalue weighted by molar-refractivity contribution is -0.144. The summed E-state index contributed by atoms with van der Waals surface area (Å²) in [6.45, 7) is 4.55. The number of anilines is 1. The molecule has 6 heteroatoms. The van der Waals surface area contributed by atoms with Crippen molar-refractivity contribution in [2.45, 2.75) is 33.1 Å². The molecule has 1 aromatic rings. The van der Waals surface area contributed by atoms with E-state index in [-0.39, 0.29) is 25.3 Å². The Kier molecular flexibility index (Phi) is 8.22. The summed E-state index contributed by atoms with van der Waals surface area (Å²) in [5.74, 6) is -0.0723. The van der Waals surface area contributed by atoms with Gasteiger partial charge in [-0.1, -0.05) is 13.0 Å². The lowest BCUT2D eigenvalue weighted by Crippen LogP contribution is -2.31. The van der Waals surface area contributed by atoms with Gasteiger partial charge in [0.05, 0.1) is 25.7 Å². The Morgan fingerprint density at radius 1 is 1.26 bits per heavy atom. The normalized spacial score (nSPS) is 9.78. The molecule has 0 aliphatic rings. The zero-order chi connectivity index (χ0) is 17.1. The monoisotopic (exact) mass is 318 g/mol. The van der Waals surface area contributed by atoms with Gasteiger partial charge in [-0.3, -0.25) is 14.5 Å². The minimum absolute atomic E-state index is 0.00307. The first-order chi connectivity index (χ1) is 11.1. The van der Waals surface area contributed by atoms with Crippen molar-refractivity contribution in [3.8, 4) is 11.8 Å². The summed E-state index contributed by atoms with van der Waals surface area (Å²) < 4.78 is 10.3. The highest BCUT2D eigenvalue weighted by molar-refractivity contribution is 5.95. The molecule has 23 heavy (non-hydrogen) atoms. The fraction of sp³-hybridized carbons (Fsp3) is 0.471. The molecule has 0 saturated heterocycles. The maximum atomic E-state index is 12.3. The van der Waals surface area contributed by atoms with Gasteiger partial charge in [-0.15, -0.1) is 0 Å². The van der Waals surface area contributed by atoms with Crippen LogP contribution in [0.5, 0.6) is 5.75 Å². The highest BCUT2D eigenvalue weighted by Gasteiger charge is 2.17. The molecule has 6 nitrogen and oxygen atoms in total. The van der Waals surface area contributed by atoms with E-state index in [0.717, 1.165) is 6.42 Å². The average Bonchev–Trinajstić information content (AvgIpc) is 2.56. The largest absolute Gasteiger partial charge is 0.494 e. The van der Waals surface area contributed by atoms with Crippen LogP contribution in [-0.2, 0) is 14.3 Å². The summed E-state index contributed by atoms with van der Waals surface area (Å²) in [7, 11) is 0. The zero-order valence-electron chi connectivity index (χ0n) is 13.6. The smallest absolute Gasteiger partial charge is 0.306 e. The van der Waals surface area contributed by atoms with Crippen molar-refractivity contribution in [1.82, 2.24) is 0 Å². The minimum atomic E-state index is -0.403. The number of hydrogen-bond acceptors (Lipinski definition) is 5. The molecule has 0 saturated carbocycles. The van der Waals surface area contributed by atoms with Crippen LogP contribution in [0.1, 0.15) is 33.1 Å². The first kappa shape index (κ1) is 18.5. The molecule has 0 unspecified atom stereocenters. The van der Waals surface area contributed by atoms with Crippen molar-refractivity contribution >= 4 is 17.6 Å². The number of carbonyl (C=O) groups is 2. The molecule has 1 rings (SSSR count). The number of benzene rings is 1. The van der Waals surface area contributed by atoms with Gasteiger partial charge >= 0.3 is 5.97 Å². The van der Waals surface area contributed by atoms with E-state index in [2.05, 4.69) is 0 Å². The number of rotatable bonds is 9. The molecule has 0 N–H and O–H groups in total. The van der Waals surface area contributed by atoms with Crippen LogP contribution in [0.3, 0.4) is 0 Å². The Morgan fingerprint density at radius 2 is 2.04 bits per heavy atom. The van der Waals surface area contributed by atoms with Crippen LogP contribution in [-0.4, -0.2) is 31.6 Å². The Balaban J connectivity index is 2.73. The standard InChI is InChI=1S/C17H22N2O4/c1-3-12-23-17(21)9-8-16(20)19(11-10-18)14-6-5-7-15(13-14)22-4-2/h5-7,13H,3-4,8-9,11-12H2,1-2H3. The van der Waals surface area contributed by atoms with E-state index >= 15 is 0 Å². The third-order valence-electron chi connectivity index (χ3n) is 2.98. The van der Waals surface area contributed by atoms with E-state index in [4.69, 9.17) is 14.7 Å². The maximum Gasteiger partial charge on any atom is 0.306 e. The van der Waals surface area contributed by atoms with Gasteiger partial charge in [0.1, 0.15) is 12.3 Å². The second-order valence-electron chi connectivity index (χ2n) is 4.79. The summed E-state index contributed by atoms with van der Waals surface area (Å²) in [6.07, 6.45) is 0.749. The molecular weight excluding hydrogens is 296 g/mol. The molecule has 0 aliphatic heterocycles. The average molecular weight is 318 g/mol. The van der Waals surface area contributed by atoms with Crippen molar-refractivity contribution < 1.29 is 19.1 Å². The van der Waals surface area contributed by atoms with Crippen LogP contribution in [0.15, 0.2) is 24.3 Å². The first-order valence-corrected chi connectivity index (χ1v) is 7.68. The minimum Gasteiger partial charge on any atom is -0.494 e. The third-order valence-corrected chi connectivity index (χ3v) is 2.98. The third kappa shape index (κ3) is 6.39. The van der Waals surface area contributed by atoms with Crippen LogP contribution in [0, 0.1) is 11.3 Å². The number of hydrogen-bond donors (Lipinski definition) is 0. The van der Waals surface area contributed by atoms with Gasteiger partial charge in [-0.05, 0) is 25.5 Å². The maximum absolute atomic E-state index is 12.3. The van der Waals surface area contributed by atoms with E-state index < -0.39 is 5.97 Å². The van der Waals surface area contributed by atoms with Crippen LogP contribution in [0.2, 0.25) is 0 Å². The summed E-state index contributed by atoms with van der Waals surface area (Å²) >= 11 is 0. The molecular formula is C17H22N2O4. The fourth-order valence-electron chi connectivity index (χ4n) is 1.93. The number of nitrogens with zero attached hydrogens (tertiary/aromatic N) is 2. The van der Waals surface area contributed by atoms with Gasteiger partial charge in [0.15, 0.2) is 0 Å². The molecule has 0 fully saturated rings. The van der Waals surface area contributed by atoms with Crippen molar-refractivity contribution in [1.29, 1.82) is 5.26 Å². The number of nitriles is 1.